The third-order valence-electron chi connectivity index (χ3n) is 2.87. The number of likely N-dealkylation sites (N-methyl/N-ethyl adjacent to an activating group) is 2. The fraction of sp³-hybridized carbons (Fsp3) is 1.00. The molecule has 13 heavy (non-hydrogen) atoms. The molecule has 1 fully saturated rings. The zero-order chi connectivity index (χ0) is 9.68. The van der Waals surface area contributed by atoms with Crippen LogP contribution in [0.25, 0.3) is 0 Å². The lowest BCUT2D eigenvalue weighted by atomic mass is 10.1. The Bertz CT molecular complexity index is 141. The summed E-state index contributed by atoms with van der Waals surface area (Å²) in [7, 11) is 4.48. The molecule has 1 heterocycles. The molecule has 78 valence electrons. The van der Waals surface area contributed by atoms with Crippen LogP contribution in [0.1, 0.15) is 19.3 Å². The highest BCUT2D eigenvalue weighted by molar-refractivity contribution is 9.09. The molecule has 1 aliphatic heterocycles. The highest BCUT2D eigenvalue weighted by atomic mass is 79.9. The standard InChI is InChI=1S/C10H21BrN2/c1-12-7-3-5-10(9-12)13(2)8-4-6-11/h10H,3-9H2,1-2H3. The number of halogens is 1. The van der Waals surface area contributed by atoms with Gasteiger partial charge in [-0.25, -0.2) is 0 Å². The van der Waals surface area contributed by atoms with Gasteiger partial charge in [-0.1, -0.05) is 15.9 Å². The lowest BCUT2D eigenvalue weighted by Gasteiger charge is -2.35. The van der Waals surface area contributed by atoms with E-state index in [1.807, 2.05) is 0 Å². The summed E-state index contributed by atoms with van der Waals surface area (Å²) in [4.78, 5) is 4.95. The van der Waals surface area contributed by atoms with Gasteiger partial charge in [-0.15, -0.1) is 0 Å². The highest BCUT2D eigenvalue weighted by Gasteiger charge is 2.20. The Balaban J connectivity index is 2.24. The van der Waals surface area contributed by atoms with Gasteiger partial charge in [0.05, 0.1) is 0 Å². The van der Waals surface area contributed by atoms with Crippen LogP contribution in [0.5, 0.6) is 0 Å². The zero-order valence-corrected chi connectivity index (χ0v) is 10.4. The first-order chi connectivity index (χ1) is 6.24. The number of hydrogen-bond acceptors (Lipinski definition) is 2. The molecule has 1 atom stereocenters. The number of likely N-dealkylation sites (tertiary alicyclic amines) is 1. The molecule has 0 amide bonds. The molecular formula is C10H21BrN2. The molecule has 1 rings (SSSR count). The zero-order valence-electron chi connectivity index (χ0n) is 8.80. The Kier molecular flexibility index (Phi) is 5.29. The monoisotopic (exact) mass is 248 g/mol. The maximum Gasteiger partial charge on any atom is 0.0220 e. The van der Waals surface area contributed by atoms with Gasteiger partial charge < -0.3 is 9.80 Å². The van der Waals surface area contributed by atoms with Crippen molar-refractivity contribution in [3.8, 4) is 0 Å². The van der Waals surface area contributed by atoms with Gasteiger partial charge in [0.25, 0.3) is 0 Å². The van der Waals surface area contributed by atoms with Gasteiger partial charge in [0.2, 0.25) is 0 Å². The summed E-state index contributed by atoms with van der Waals surface area (Å²) in [5.74, 6) is 0. The Morgan fingerprint density at radius 3 is 2.92 bits per heavy atom. The second kappa shape index (κ2) is 5.99. The first kappa shape index (κ1) is 11.5. The largest absolute Gasteiger partial charge is 0.305 e. The molecule has 0 radical (unpaired) electrons. The van der Waals surface area contributed by atoms with Crippen molar-refractivity contribution < 1.29 is 0 Å². The third kappa shape index (κ3) is 3.96. The normalized spacial score (nSPS) is 25.4. The first-order valence-corrected chi connectivity index (χ1v) is 6.31. The number of alkyl halides is 1. The maximum absolute atomic E-state index is 3.48. The van der Waals surface area contributed by atoms with E-state index in [1.54, 1.807) is 0 Å². The minimum atomic E-state index is 0.790. The van der Waals surface area contributed by atoms with Crippen LogP contribution in [-0.4, -0.2) is 54.9 Å². The molecule has 1 saturated heterocycles. The van der Waals surface area contributed by atoms with E-state index in [2.05, 4.69) is 39.8 Å². The van der Waals surface area contributed by atoms with Crippen LogP contribution in [0, 0.1) is 0 Å². The van der Waals surface area contributed by atoms with E-state index in [-0.39, 0.29) is 0 Å². The fourth-order valence-corrected chi connectivity index (χ4v) is 2.24. The Labute approximate surface area is 90.4 Å². The quantitative estimate of drug-likeness (QED) is 0.701. The summed E-state index contributed by atoms with van der Waals surface area (Å²) in [5, 5.41) is 1.12. The van der Waals surface area contributed by atoms with Crippen LogP contribution in [0.2, 0.25) is 0 Å². The SMILES string of the molecule is CN1CCCC(N(C)CCCBr)C1. The van der Waals surface area contributed by atoms with Gasteiger partial charge >= 0.3 is 0 Å². The van der Waals surface area contributed by atoms with Crippen LogP contribution in [0.4, 0.5) is 0 Å². The van der Waals surface area contributed by atoms with Crippen LogP contribution >= 0.6 is 15.9 Å². The van der Waals surface area contributed by atoms with Gasteiger partial charge in [0, 0.05) is 17.9 Å². The summed E-state index contributed by atoms with van der Waals surface area (Å²) < 4.78 is 0. The predicted octanol–water partition coefficient (Wildman–Crippen LogP) is 1.80. The minimum absolute atomic E-state index is 0.790. The summed E-state index contributed by atoms with van der Waals surface area (Å²) >= 11 is 3.48. The molecule has 3 heteroatoms. The smallest absolute Gasteiger partial charge is 0.0220 e. The average Bonchev–Trinajstić information content (AvgIpc) is 2.14. The number of hydrogen-bond donors (Lipinski definition) is 0. The first-order valence-electron chi connectivity index (χ1n) is 5.19. The summed E-state index contributed by atoms with van der Waals surface area (Å²) in [6.45, 7) is 3.76. The highest BCUT2D eigenvalue weighted by Crippen LogP contribution is 2.13. The van der Waals surface area contributed by atoms with Crippen LogP contribution in [0.15, 0.2) is 0 Å². The fourth-order valence-electron chi connectivity index (χ4n) is 1.99. The van der Waals surface area contributed by atoms with Gasteiger partial charge in [0.1, 0.15) is 0 Å². The van der Waals surface area contributed by atoms with Crippen LogP contribution in [-0.2, 0) is 0 Å². The lowest BCUT2D eigenvalue weighted by molar-refractivity contribution is 0.135. The summed E-state index contributed by atoms with van der Waals surface area (Å²) in [6.07, 6.45) is 4.00. The van der Waals surface area contributed by atoms with Gasteiger partial charge in [-0.2, -0.15) is 0 Å². The molecule has 0 saturated carbocycles. The maximum atomic E-state index is 3.48. The second-order valence-corrected chi connectivity index (χ2v) is 4.87. The molecule has 2 nitrogen and oxygen atoms in total. The summed E-state index contributed by atoms with van der Waals surface area (Å²) in [6, 6.07) is 0.790. The van der Waals surface area contributed by atoms with Gasteiger partial charge in [-0.3, -0.25) is 0 Å². The van der Waals surface area contributed by atoms with Gasteiger partial charge in [0.15, 0.2) is 0 Å². The van der Waals surface area contributed by atoms with E-state index in [0.29, 0.717) is 0 Å². The van der Waals surface area contributed by atoms with Crippen molar-refractivity contribution in [2.75, 3.05) is 39.1 Å². The molecule has 0 aromatic carbocycles. The Hall–Kier alpha value is 0.400. The molecule has 0 aromatic rings. The van der Waals surface area contributed by atoms with Crippen molar-refractivity contribution in [2.24, 2.45) is 0 Å². The van der Waals surface area contributed by atoms with Crippen LogP contribution in [0.3, 0.4) is 0 Å². The summed E-state index contributed by atoms with van der Waals surface area (Å²) in [5.41, 5.74) is 0. The number of rotatable bonds is 4. The van der Waals surface area contributed by atoms with Crippen molar-refractivity contribution in [1.29, 1.82) is 0 Å². The average molecular weight is 249 g/mol. The molecule has 0 spiro atoms. The van der Waals surface area contributed by atoms with E-state index in [0.717, 1.165) is 11.4 Å². The third-order valence-corrected chi connectivity index (χ3v) is 3.43. The van der Waals surface area contributed by atoms with E-state index >= 15 is 0 Å². The van der Waals surface area contributed by atoms with Crippen molar-refractivity contribution in [1.82, 2.24) is 9.80 Å². The van der Waals surface area contributed by atoms with E-state index in [4.69, 9.17) is 0 Å². The second-order valence-electron chi connectivity index (χ2n) is 4.08. The number of nitrogens with zero attached hydrogens (tertiary/aromatic N) is 2. The van der Waals surface area contributed by atoms with E-state index in [9.17, 15) is 0 Å². The van der Waals surface area contributed by atoms with Gasteiger partial charge in [-0.05, 0) is 46.4 Å². The van der Waals surface area contributed by atoms with Crippen molar-refractivity contribution in [3.63, 3.8) is 0 Å². The lowest BCUT2D eigenvalue weighted by Crippen LogP contribution is -2.45. The van der Waals surface area contributed by atoms with Crippen LogP contribution < -0.4 is 0 Å². The Morgan fingerprint density at radius 1 is 1.54 bits per heavy atom. The van der Waals surface area contributed by atoms with Crippen molar-refractivity contribution in [2.45, 2.75) is 25.3 Å². The van der Waals surface area contributed by atoms with E-state index < -0.39 is 0 Å². The molecule has 1 aliphatic rings. The topological polar surface area (TPSA) is 6.48 Å². The predicted molar refractivity (Wildman–Crippen MR) is 61.6 cm³/mol. The Morgan fingerprint density at radius 2 is 2.31 bits per heavy atom. The molecular weight excluding hydrogens is 228 g/mol. The molecule has 1 unspecified atom stereocenters. The van der Waals surface area contributed by atoms with E-state index in [1.165, 1.54) is 38.9 Å². The van der Waals surface area contributed by atoms with Crippen molar-refractivity contribution in [3.05, 3.63) is 0 Å². The van der Waals surface area contributed by atoms with Crippen molar-refractivity contribution >= 4 is 15.9 Å². The molecule has 0 bridgehead atoms. The minimum Gasteiger partial charge on any atom is -0.305 e. The molecule has 0 aliphatic carbocycles. The molecule has 0 aromatic heterocycles. The molecule has 0 N–H and O–H groups in total. The number of piperidine rings is 1.